The fraction of sp³-hybridized carbons (Fsp3) is 0.300. The number of hydrogen-bond acceptors (Lipinski definition) is 3. The second-order valence-electron chi connectivity index (χ2n) is 7.00. The molecule has 1 aliphatic carbocycles. The second-order valence-corrected chi connectivity index (χ2v) is 7.00. The van der Waals surface area contributed by atoms with E-state index in [0.29, 0.717) is 23.5 Å². The maximum Gasteiger partial charge on any atom is 0.244 e. The third-order valence-corrected chi connectivity index (χ3v) is 5.05. The minimum Gasteiger partial charge on any atom is -0.342 e. The lowest BCUT2D eigenvalue weighted by Gasteiger charge is -2.22. The molecular weight excluding hydrogens is 331 g/mol. The Balaban J connectivity index is 1.54. The lowest BCUT2D eigenvalue weighted by Crippen LogP contribution is -2.48. The molecule has 0 atom stereocenters. The normalized spacial score (nSPS) is 16.1. The Bertz CT molecular complexity index is 959. The average molecular weight is 352 g/mol. The van der Waals surface area contributed by atoms with Gasteiger partial charge in [0.15, 0.2) is 0 Å². The second kappa shape index (κ2) is 6.53. The Labute approximate surface area is 150 Å². The molecule has 1 aromatic heterocycles. The van der Waals surface area contributed by atoms with Crippen molar-refractivity contribution in [2.24, 2.45) is 5.73 Å². The SMILES string of the molecule is NC1(C(=O)Nc2ccc3nc(Cc4ccccc4F)[nH]c3c2)CCCC1. The first-order valence-electron chi connectivity index (χ1n) is 8.86. The van der Waals surface area contributed by atoms with E-state index in [0.717, 1.165) is 36.7 Å². The maximum absolute atomic E-state index is 13.8. The Morgan fingerprint density at radius 3 is 2.77 bits per heavy atom. The van der Waals surface area contributed by atoms with Crippen molar-refractivity contribution in [3.63, 3.8) is 0 Å². The highest BCUT2D eigenvalue weighted by Gasteiger charge is 2.36. The van der Waals surface area contributed by atoms with Gasteiger partial charge in [0.2, 0.25) is 5.91 Å². The fourth-order valence-corrected chi connectivity index (χ4v) is 3.53. The van der Waals surface area contributed by atoms with Gasteiger partial charge in [-0.15, -0.1) is 0 Å². The van der Waals surface area contributed by atoms with Crippen LogP contribution in [0.4, 0.5) is 10.1 Å². The molecular formula is C20H21FN4O. The molecule has 1 heterocycles. The summed E-state index contributed by atoms with van der Waals surface area (Å²) in [6.07, 6.45) is 3.80. The van der Waals surface area contributed by atoms with Crippen molar-refractivity contribution in [3.05, 3.63) is 59.7 Å². The van der Waals surface area contributed by atoms with Crippen LogP contribution < -0.4 is 11.1 Å². The maximum atomic E-state index is 13.8. The van der Waals surface area contributed by atoms with Gasteiger partial charge in [0.05, 0.1) is 16.6 Å². The number of fused-ring (bicyclic) bond motifs is 1. The monoisotopic (exact) mass is 352 g/mol. The van der Waals surface area contributed by atoms with Crippen molar-refractivity contribution in [2.45, 2.75) is 37.6 Å². The van der Waals surface area contributed by atoms with E-state index in [1.54, 1.807) is 18.2 Å². The number of halogens is 1. The van der Waals surface area contributed by atoms with Gasteiger partial charge in [-0.05, 0) is 42.7 Å². The predicted molar refractivity (Wildman–Crippen MR) is 99.3 cm³/mol. The molecule has 134 valence electrons. The van der Waals surface area contributed by atoms with Gasteiger partial charge in [0, 0.05) is 12.1 Å². The number of rotatable bonds is 4. The van der Waals surface area contributed by atoms with Crippen LogP contribution in [0.5, 0.6) is 0 Å². The van der Waals surface area contributed by atoms with Crippen LogP contribution >= 0.6 is 0 Å². The summed E-state index contributed by atoms with van der Waals surface area (Å²) in [4.78, 5) is 20.2. The van der Waals surface area contributed by atoms with Crippen molar-refractivity contribution in [3.8, 4) is 0 Å². The molecule has 3 aromatic rings. The van der Waals surface area contributed by atoms with Crippen molar-refractivity contribution >= 4 is 22.6 Å². The minimum absolute atomic E-state index is 0.138. The molecule has 4 rings (SSSR count). The summed E-state index contributed by atoms with van der Waals surface area (Å²) in [5.74, 6) is 0.297. The summed E-state index contributed by atoms with van der Waals surface area (Å²) >= 11 is 0. The molecule has 4 N–H and O–H groups in total. The van der Waals surface area contributed by atoms with Crippen molar-refractivity contribution in [1.82, 2.24) is 9.97 Å². The third kappa shape index (κ3) is 3.20. The minimum atomic E-state index is -0.765. The van der Waals surface area contributed by atoms with E-state index in [-0.39, 0.29) is 11.7 Å². The number of anilines is 1. The van der Waals surface area contributed by atoms with E-state index < -0.39 is 5.54 Å². The standard InChI is InChI=1S/C20H21FN4O/c21-15-6-2-1-5-13(15)11-18-24-16-8-7-14(12-17(16)25-18)23-19(26)20(22)9-3-4-10-20/h1-2,5-8,12H,3-4,9-11,22H2,(H,23,26)(H,24,25). The number of nitrogens with zero attached hydrogens (tertiary/aromatic N) is 1. The summed E-state index contributed by atoms with van der Waals surface area (Å²) in [6, 6.07) is 12.1. The van der Waals surface area contributed by atoms with Crippen molar-refractivity contribution in [2.75, 3.05) is 5.32 Å². The topological polar surface area (TPSA) is 83.8 Å². The Hall–Kier alpha value is -2.73. The number of amides is 1. The first kappa shape index (κ1) is 16.7. The number of carbonyl (C=O) groups is 1. The number of nitrogens with two attached hydrogens (primary N) is 1. The number of H-pyrrole nitrogens is 1. The van der Waals surface area contributed by atoms with E-state index >= 15 is 0 Å². The van der Waals surface area contributed by atoms with Crippen LogP contribution in [0.25, 0.3) is 11.0 Å². The smallest absolute Gasteiger partial charge is 0.244 e. The van der Waals surface area contributed by atoms with Gasteiger partial charge in [-0.3, -0.25) is 4.79 Å². The van der Waals surface area contributed by atoms with Gasteiger partial charge in [-0.1, -0.05) is 31.0 Å². The van der Waals surface area contributed by atoms with Crippen LogP contribution in [0.15, 0.2) is 42.5 Å². The van der Waals surface area contributed by atoms with Crippen LogP contribution in [0.1, 0.15) is 37.1 Å². The zero-order valence-electron chi connectivity index (χ0n) is 14.4. The molecule has 6 heteroatoms. The average Bonchev–Trinajstić information content (AvgIpc) is 3.23. The zero-order chi connectivity index (χ0) is 18.1. The lowest BCUT2D eigenvalue weighted by molar-refractivity contribution is -0.121. The first-order valence-corrected chi connectivity index (χ1v) is 8.86. The summed E-state index contributed by atoms with van der Waals surface area (Å²) in [7, 11) is 0. The van der Waals surface area contributed by atoms with E-state index in [1.165, 1.54) is 6.07 Å². The molecule has 1 amide bonds. The van der Waals surface area contributed by atoms with Crippen LogP contribution in [0.2, 0.25) is 0 Å². The Morgan fingerprint density at radius 1 is 1.23 bits per heavy atom. The number of hydrogen-bond donors (Lipinski definition) is 3. The number of benzene rings is 2. The van der Waals surface area contributed by atoms with Crippen LogP contribution in [0.3, 0.4) is 0 Å². The van der Waals surface area contributed by atoms with E-state index in [2.05, 4.69) is 15.3 Å². The Kier molecular flexibility index (Phi) is 4.20. The number of imidazole rings is 1. The van der Waals surface area contributed by atoms with Crippen LogP contribution in [-0.2, 0) is 11.2 Å². The highest BCUT2D eigenvalue weighted by molar-refractivity contribution is 5.99. The molecule has 0 bridgehead atoms. The van der Waals surface area contributed by atoms with Crippen LogP contribution in [-0.4, -0.2) is 21.4 Å². The molecule has 0 saturated heterocycles. The molecule has 1 saturated carbocycles. The van der Waals surface area contributed by atoms with Gasteiger partial charge in [0.25, 0.3) is 0 Å². The molecule has 1 aliphatic rings. The predicted octanol–water partition coefficient (Wildman–Crippen LogP) is 3.50. The molecule has 26 heavy (non-hydrogen) atoms. The van der Waals surface area contributed by atoms with Gasteiger partial charge in [0.1, 0.15) is 11.6 Å². The largest absolute Gasteiger partial charge is 0.342 e. The Morgan fingerprint density at radius 2 is 2.00 bits per heavy atom. The van der Waals surface area contributed by atoms with Crippen molar-refractivity contribution in [1.29, 1.82) is 0 Å². The molecule has 0 aliphatic heterocycles. The number of nitrogens with one attached hydrogen (secondary N) is 2. The summed E-state index contributed by atoms with van der Waals surface area (Å²) < 4.78 is 13.8. The first-order chi connectivity index (χ1) is 12.5. The molecule has 1 fully saturated rings. The molecule has 0 spiro atoms. The fourth-order valence-electron chi connectivity index (χ4n) is 3.53. The number of aromatic nitrogens is 2. The molecule has 0 unspecified atom stereocenters. The summed E-state index contributed by atoms with van der Waals surface area (Å²) in [6.45, 7) is 0. The van der Waals surface area contributed by atoms with Crippen LogP contribution in [0, 0.1) is 5.82 Å². The van der Waals surface area contributed by atoms with Gasteiger partial charge in [-0.25, -0.2) is 9.37 Å². The quantitative estimate of drug-likeness (QED) is 0.672. The zero-order valence-corrected chi connectivity index (χ0v) is 14.4. The number of aromatic amines is 1. The van der Waals surface area contributed by atoms with Gasteiger partial charge < -0.3 is 16.0 Å². The summed E-state index contributed by atoms with van der Waals surface area (Å²) in [5, 5.41) is 2.91. The molecule has 2 aromatic carbocycles. The summed E-state index contributed by atoms with van der Waals surface area (Å²) in [5.41, 5.74) is 8.28. The highest BCUT2D eigenvalue weighted by atomic mass is 19.1. The highest BCUT2D eigenvalue weighted by Crippen LogP contribution is 2.29. The van der Waals surface area contributed by atoms with Crippen molar-refractivity contribution < 1.29 is 9.18 Å². The van der Waals surface area contributed by atoms with E-state index in [4.69, 9.17) is 5.73 Å². The lowest BCUT2D eigenvalue weighted by atomic mass is 9.98. The van der Waals surface area contributed by atoms with Gasteiger partial charge in [-0.2, -0.15) is 0 Å². The number of carbonyl (C=O) groups excluding carboxylic acids is 1. The van der Waals surface area contributed by atoms with E-state index in [9.17, 15) is 9.18 Å². The molecule has 5 nitrogen and oxygen atoms in total. The third-order valence-electron chi connectivity index (χ3n) is 5.05. The van der Waals surface area contributed by atoms with Gasteiger partial charge >= 0.3 is 0 Å². The molecule has 0 radical (unpaired) electrons. The van der Waals surface area contributed by atoms with E-state index in [1.807, 2.05) is 18.2 Å².